The fourth-order valence-electron chi connectivity index (χ4n) is 11.7. The molecule has 0 N–H and O–H groups in total. The maximum atomic E-state index is 7.01. The van der Waals surface area contributed by atoms with E-state index >= 15 is 0 Å². The second-order valence-electron chi connectivity index (χ2n) is 19.2. The van der Waals surface area contributed by atoms with Crippen molar-refractivity contribution < 1.29 is 4.42 Å². The molecule has 0 atom stereocenters. The molecule has 3 heteroatoms. The molecule has 0 unspecified atom stereocenters. The van der Waals surface area contributed by atoms with Gasteiger partial charge in [0.05, 0.1) is 22.4 Å². The Morgan fingerprint density at radius 2 is 0.971 bits per heavy atom. The summed E-state index contributed by atoms with van der Waals surface area (Å²) < 4.78 is 9.39. The molecule has 330 valence electrons. The fourth-order valence-corrected chi connectivity index (χ4v) is 11.7. The summed E-state index contributed by atoms with van der Waals surface area (Å²) in [5, 5.41) is 7.09. The van der Waals surface area contributed by atoms with Gasteiger partial charge in [-0.05, 0) is 122 Å². The van der Waals surface area contributed by atoms with E-state index in [-0.39, 0.29) is 5.41 Å². The standard InChI is InChI=1S/C67H46N2O/c1-67(2)58-25-10-5-19-51(58)52-39-34-46(42-59(52)67)43-30-35-48(36-31-43)69(60-26-11-6-20-53(60)50-24-15-17-44-16-3-4-18-49(44)50)63-41-40-57-56-23-9-14-29-64(56)70-66(57)65(63)45-32-37-47(38-33-45)68-61-27-12-7-21-54(61)55-22-8-13-28-62(55)68/h3-42H,1-2H3. The van der Waals surface area contributed by atoms with Gasteiger partial charge in [0, 0.05) is 49.5 Å². The molecule has 13 aromatic rings. The minimum absolute atomic E-state index is 0.0860. The van der Waals surface area contributed by atoms with E-state index in [1.54, 1.807) is 0 Å². The van der Waals surface area contributed by atoms with Crippen molar-refractivity contribution in [1.82, 2.24) is 4.57 Å². The first-order valence-electron chi connectivity index (χ1n) is 24.2. The average molecular weight is 895 g/mol. The van der Waals surface area contributed by atoms with Crippen molar-refractivity contribution >= 4 is 71.6 Å². The molecule has 0 amide bonds. The van der Waals surface area contributed by atoms with E-state index in [2.05, 4.69) is 266 Å². The smallest absolute Gasteiger partial charge is 0.145 e. The molecule has 0 radical (unpaired) electrons. The van der Waals surface area contributed by atoms with Crippen molar-refractivity contribution in [3.63, 3.8) is 0 Å². The average Bonchev–Trinajstić information content (AvgIpc) is 4.04. The van der Waals surface area contributed by atoms with Crippen LogP contribution in [0.1, 0.15) is 25.0 Å². The van der Waals surface area contributed by atoms with Gasteiger partial charge in [0.2, 0.25) is 0 Å². The molecule has 0 bridgehead atoms. The number of fused-ring (bicyclic) bond motifs is 10. The highest BCUT2D eigenvalue weighted by Gasteiger charge is 2.35. The summed E-state index contributed by atoms with van der Waals surface area (Å²) in [6.07, 6.45) is 0. The fraction of sp³-hybridized carbons (Fsp3) is 0.0448. The Morgan fingerprint density at radius 1 is 0.386 bits per heavy atom. The number of benzene rings is 11. The topological polar surface area (TPSA) is 21.3 Å². The molecule has 70 heavy (non-hydrogen) atoms. The van der Waals surface area contributed by atoms with Crippen LogP contribution in [-0.2, 0) is 5.41 Å². The largest absolute Gasteiger partial charge is 0.455 e. The second-order valence-corrected chi connectivity index (χ2v) is 19.2. The van der Waals surface area contributed by atoms with E-state index in [1.165, 1.54) is 71.5 Å². The van der Waals surface area contributed by atoms with Crippen LogP contribution in [0.15, 0.2) is 247 Å². The molecule has 2 heterocycles. The monoisotopic (exact) mass is 894 g/mol. The van der Waals surface area contributed by atoms with Gasteiger partial charge < -0.3 is 13.9 Å². The highest BCUT2D eigenvalue weighted by atomic mass is 16.3. The zero-order valence-electron chi connectivity index (χ0n) is 38.9. The molecule has 2 aromatic heterocycles. The molecule has 11 aromatic carbocycles. The number of nitrogens with zero attached hydrogens (tertiary/aromatic N) is 2. The summed E-state index contributed by atoms with van der Waals surface area (Å²) in [5.74, 6) is 0. The van der Waals surface area contributed by atoms with Gasteiger partial charge in [0.15, 0.2) is 0 Å². The molecule has 3 nitrogen and oxygen atoms in total. The maximum Gasteiger partial charge on any atom is 0.145 e. The molecule has 0 fully saturated rings. The van der Waals surface area contributed by atoms with Crippen LogP contribution in [0, 0.1) is 0 Å². The van der Waals surface area contributed by atoms with Crippen molar-refractivity contribution in [2.45, 2.75) is 19.3 Å². The molecule has 1 aliphatic rings. The van der Waals surface area contributed by atoms with Crippen LogP contribution in [0.25, 0.3) is 105 Å². The van der Waals surface area contributed by atoms with Gasteiger partial charge in [-0.25, -0.2) is 0 Å². The van der Waals surface area contributed by atoms with E-state index in [0.29, 0.717) is 0 Å². The lowest BCUT2D eigenvalue weighted by Crippen LogP contribution is -2.14. The summed E-state index contributed by atoms with van der Waals surface area (Å²) in [4.78, 5) is 2.45. The lowest BCUT2D eigenvalue weighted by Gasteiger charge is -2.30. The summed E-state index contributed by atoms with van der Waals surface area (Å²) in [6.45, 7) is 4.70. The van der Waals surface area contributed by atoms with Crippen molar-refractivity contribution in [1.29, 1.82) is 0 Å². The highest BCUT2D eigenvalue weighted by molar-refractivity contribution is 6.14. The summed E-state index contributed by atoms with van der Waals surface area (Å²) in [7, 11) is 0. The normalized spacial score (nSPS) is 12.8. The van der Waals surface area contributed by atoms with Gasteiger partial charge in [0.25, 0.3) is 0 Å². The van der Waals surface area contributed by atoms with E-state index in [9.17, 15) is 0 Å². The van der Waals surface area contributed by atoms with Crippen LogP contribution < -0.4 is 4.90 Å². The van der Waals surface area contributed by atoms with Gasteiger partial charge in [-0.1, -0.05) is 190 Å². The minimum atomic E-state index is -0.0860. The van der Waals surface area contributed by atoms with Gasteiger partial charge in [0.1, 0.15) is 11.2 Å². The maximum absolute atomic E-state index is 7.01. The van der Waals surface area contributed by atoms with Crippen molar-refractivity contribution in [2.24, 2.45) is 0 Å². The quantitative estimate of drug-likeness (QED) is 0.159. The number of furan rings is 1. The third-order valence-electron chi connectivity index (χ3n) is 15.0. The molecular weight excluding hydrogens is 849 g/mol. The third-order valence-corrected chi connectivity index (χ3v) is 15.0. The Kier molecular flexibility index (Phi) is 8.93. The highest BCUT2D eigenvalue weighted by Crippen LogP contribution is 2.52. The number of hydrogen-bond acceptors (Lipinski definition) is 2. The SMILES string of the molecule is CC1(C)c2ccccc2-c2ccc(-c3ccc(N(c4ccccc4-c4cccc5ccccc45)c4ccc5c(oc6ccccc65)c4-c4ccc(-n5c6ccccc6c6ccccc65)cc4)cc3)cc21. The van der Waals surface area contributed by atoms with E-state index in [4.69, 9.17) is 4.42 Å². The zero-order valence-corrected chi connectivity index (χ0v) is 38.9. The summed E-state index contributed by atoms with van der Waals surface area (Å²) in [6, 6.07) is 88.7. The number of aromatic nitrogens is 1. The Hall–Kier alpha value is -8.92. The second kappa shape index (κ2) is 15.6. The summed E-state index contributed by atoms with van der Waals surface area (Å²) >= 11 is 0. The Morgan fingerprint density at radius 3 is 1.76 bits per heavy atom. The number of anilines is 3. The lowest BCUT2D eigenvalue weighted by atomic mass is 9.81. The predicted molar refractivity (Wildman–Crippen MR) is 294 cm³/mol. The van der Waals surface area contributed by atoms with Crippen LogP contribution >= 0.6 is 0 Å². The number of para-hydroxylation sites is 4. The van der Waals surface area contributed by atoms with E-state index in [1.807, 2.05) is 0 Å². The number of rotatable bonds is 7. The molecule has 0 saturated carbocycles. The van der Waals surface area contributed by atoms with Crippen LogP contribution in [0.2, 0.25) is 0 Å². The predicted octanol–water partition coefficient (Wildman–Crippen LogP) is 18.6. The molecular formula is C67H46N2O. The van der Waals surface area contributed by atoms with Crippen molar-refractivity contribution in [3.05, 3.63) is 254 Å². The van der Waals surface area contributed by atoms with Gasteiger partial charge >= 0.3 is 0 Å². The first-order chi connectivity index (χ1) is 34.5. The van der Waals surface area contributed by atoms with Gasteiger partial charge in [-0.15, -0.1) is 0 Å². The van der Waals surface area contributed by atoms with Crippen LogP contribution in [0.4, 0.5) is 17.1 Å². The van der Waals surface area contributed by atoms with Gasteiger partial charge in [-0.2, -0.15) is 0 Å². The first kappa shape index (κ1) is 40.2. The van der Waals surface area contributed by atoms with Gasteiger partial charge in [-0.3, -0.25) is 0 Å². The Labute approximate surface area is 406 Å². The van der Waals surface area contributed by atoms with Crippen LogP contribution in [0.3, 0.4) is 0 Å². The molecule has 0 saturated heterocycles. The molecule has 0 spiro atoms. The third kappa shape index (κ3) is 6.08. The molecule has 0 aliphatic heterocycles. The van der Waals surface area contributed by atoms with Crippen molar-refractivity contribution in [3.8, 4) is 50.2 Å². The first-order valence-corrected chi connectivity index (χ1v) is 24.2. The Balaban J connectivity index is 0.984. The number of hydrogen-bond donors (Lipinski definition) is 0. The van der Waals surface area contributed by atoms with Crippen LogP contribution in [0.5, 0.6) is 0 Å². The minimum Gasteiger partial charge on any atom is -0.455 e. The van der Waals surface area contributed by atoms with Crippen molar-refractivity contribution in [2.75, 3.05) is 4.90 Å². The zero-order chi connectivity index (χ0) is 46.5. The Bertz CT molecular complexity index is 4150. The van der Waals surface area contributed by atoms with Crippen LogP contribution in [-0.4, -0.2) is 4.57 Å². The van der Waals surface area contributed by atoms with E-state index < -0.39 is 0 Å². The van der Waals surface area contributed by atoms with E-state index in [0.717, 1.165) is 61.4 Å². The summed E-state index contributed by atoms with van der Waals surface area (Å²) in [5.41, 5.74) is 20.5. The molecule has 14 rings (SSSR count). The molecule has 1 aliphatic carbocycles. The lowest BCUT2D eigenvalue weighted by molar-refractivity contribution is 0.660.